The Morgan fingerprint density at radius 1 is 1.17 bits per heavy atom. The van der Waals surface area contributed by atoms with Crippen molar-refractivity contribution in [3.8, 4) is 0 Å². The van der Waals surface area contributed by atoms with Crippen LogP contribution >= 0.6 is 11.6 Å². The summed E-state index contributed by atoms with van der Waals surface area (Å²) in [7, 11) is 0. The van der Waals surface area contributed by atoms with Crippen molar-refractivity contribution in [2.75, 3.05) is 26.3 Å². The van der Waals surface area contributed by atoms with E-state index in [2.05, 4.69) is 5.32 Å². The maximum atomic E-state index is 13.0. The van der Waals surface area contributed by atoms with E-state index in [-0.39, 0.29) is 29.7 Å². The second-order valence-electron chi connectivity index (χ2n) is 6.57. The van der Waals surface area contributed by atoms with Crippen molar-refractivity contribution >= 4 is 23.4 Å². The second-order valence-corrected chi connectivity index (χ2v) is 7.01. The average molecular weight is 351 g/mol. The Morgan fingerprint density at radius 2 is 1.83 bits per heavy atom. The summed E-state index contributed by atoms with van der Waals surface area (Å²) in [6.07, 6.45) is 1.46. The van der Waals surface area contributed by atoms with E-state index in [4.69, 9.17) is 16.3 Å². The first-order chi connectivity index (χ1) is 11.5. The third kappa shape index (κ3) is 3.90. The Hall–Kier alpha value is -1.59. The van der Waals surface area contributed by atoms with Crippen molar-refractivity contribution < 1.29 is 14.3 Å². The van der Waals surface area contributed by atoms with E-state index in [9.17, 15) is 9.59 Å². The summed E-state index contributed by atoms with van der Waals surface area (Å²) >= 11 is 5.99. The van der Waals surface area contributed by atoms with Crippen LogP contribution in [-0.2, 0) is 14.3 Å². The van der Waals surface area contributed by atoms with E-state index >= 15 is 0 Å². The third-order valence-electron chi connectivity index (χ3n) is 4.91. The predicted octanol–water partition coefficient (Wildman–Crippen LogP) is 2.20. The molecule has 2 amide bonds. The highest BCUT2D eigenvalue weighted by atomic mass is 35.5. The summed E-state index contributed by atoms with van der Waals surface area (Å²) < 4.78 is 5.35. The predicted molar refractivity (Wildman–Crippen MR) is 91.9 cm³/mol. The van der Waals surface area contributed by atoms with E-state index in [1.807, 2.05) is 29.2 Å². The quantitative estimate of drug-likeness (QED) is 0.909. The van der Waals surface area contributed by atoms with Crippen LogP contribution in [0.2, 0.25) is 5.02 Å². The van der Waals surface area contributed by atoms with Gasteiger partial charge in [-0.2, -0.15) is 0 Å². The first-order valence-corrected chi connectivity index (χ1v) is 8.81. The molecule has 0 spiro atoms. The van der Waals surface area contributed by atoms with Gasteiger partial charge in [0.1, 0.15) is 0 Å². The maximum Gasteiger partial charge on any atom is 0.226 e. The minimum absolute atomic E-state index is 0.0400. The van der Waals surface area contributed by atoms with Crippen LogP contribution in [0.15, 0.2) is 24.3 Å². The Morgan fingerprint density at radius 3 is 2.46 bits per heavy atom. The molecule has 1 saturated heterocycles. The molecule has 0 bridgehead atoms. The van der Waals surface area contributed by atoms with E-state index < -0.39 is 0 Å². The summed E-state index contributed by atoms with van der Waals surface area (Å²) in [6.45, 7) is 4.01. The lowest BCUT2D eigenvalue weighted by molar-refractivity contribution is -0.140. The molecule has 3 rings (SSSR count). The molecule has 1 heterocycles. The van der Waals surface area contributed by atoms with Crippen molar-refractivity contribution in [3.63, 3.8) is 0 Å². The molecule has 24 heavy (non-hydrogen) atoms. The van der Waals surface area contributed by atoms with Crippen molar-refractivity contribution in [2.24, 2.45) is 5.92 Å². The zero-order valence-corrected chi connectivity index (χ0v) is 14.6. The molecule has 6 heteroatoms. The third-order valence-corrected chi connectivity index (χ3v) is 5.16. The van der Waals surface area contributed by atoms with E-state index in [0.29, 0.717) is 37.7 Å². The van der Waals surface area contributed by atoms with Crippen molar-refractivity contribution in [1.29, 1.82) is 0 Å². The van der Waals surface area contributed by atoms with Gasteiger partial charge in [-0.05, 0) is 36.5 Å². The zero-order chi connectivity index (χ0) is 17.1. The minimum Gasteiger partial charge on any atom is -0.378 e. The van der Waals surface area contributed by atoms with Gasteiger partial charge in [-0.15, -0.1) is 0 Å². The number of halogens is 1. The number of ether oxygens (including phenoxy) is 1. The number of carbonyl (C=O) groups excluding carboxylic acids is 2. The highest BCUT2D eigenvalue weighted by Gasteiger charge is 2.41. The van der Waals surface area contributed by atoms with Crippen LogP contribution in [0.3, 0.4) is 0 Å². The topological polar surface area (TPSA) is 58.6 Å². The van der Waals surface area contributed by atoms with E-state index in [0.717, 1.165) is 12.0 Å². The first kappa shape index (κ1) is 17.2. The number of rotatable bonds is 3. The van der Waals surface area contributed by atoms with Crippen molar-refractivity contribution in [1.82, 2.24) is 10.2 Å². The molecule has 0 aromatic heterocycles. The summed E-state index contributed by atoms with van der Waals surface area (Å²) in [4.78, 5) is 26.3. The molecule has 1 aliphatic heterocycles. The molecular formula is C18H23ClN2O3. The number of nitrogens with zero attached hydrogens (tertiary/aromatic N) is 1. The van der Waals surface area contributed by atoms with Crippen molar-refractivity contribution in [3.05, 3.63) is 34.9 Å². The number of amides is 2. The Labute approximate surface area is 147 Å². The molecular weight excluding hydrogens is 328 g/mol. The summed E-state index contributed by atoms with van der Waals surface area (Å²) in [5, 5.41) is 3.67. The van der Waals surface area contributed by atoms with Gasteiger partial charge in [0.15, 0.2) is 0 Å². The fraction of sp³-hybridized carbons (Fsp3) is 0.556. The molecule has 1 N–H and O–H groups in total. The average Bonchev–Trinajstić information content (AvgIpc) is 2.98. The molecule has 1 aromatic rings. The Kier molecular flexibility index (Phi) is 5.41. The number of carbonyl (C=O) groups is 2. The van der Waals surface area contributed by atoms with Gasteiger partial charge in [-0.3, -0.25) is 9.59 Å². The number of benzene rings is 1. The van der Waals surface area contributed by atoms with Crippen LogP contribution in [0.1, 0.15) is 31.2 Å². The lowest BCUT2D eigenvalue weighted by Crippen LogP contribution is -2.44. The molecule has 0 radical (unpaired) electrons. The smallest absolute Gasteiger partial charge is 0.226 e. The molecule has 2 fully saturated rings. The van der Waals surface area contributed by atoms with Gasteiger partial charge in [0.25, 0.3) is 0 Å². The van der Waals surface area contributed by atoms with Gasteiger partial charge in [-0.1, -0.05) is 23.7 Å². The van der Waals surface area contributed by atoms with Crippen LogP contribution in [0, 0.1) is 5.92 Å². The fourth-order valence-electron chi connectivity index (χ4n) is 3.81. The molecule has 1 saturated carbocycles. The van der Waals surface area contributed by atoms with Crippen molar-refractivity contribution in [2.45, 2.75) is 31.7 Å². The molecule has 1 aromatic carbocycles. The summed E-state index contributed by atoms with van der Waals surface area (Å²) in [6, 6.07) is 7.74. The van der Waals surface area contributed by atoms with Gasteiger partial charge in [-0.25, -0.2) is 0 Å². The number of hydrogen-bond donors (Lipinski definition) is 1. The van der Waals surface area contributed by atoms with Gasteiger partial charge < -0.3 is 15.0 Å². The zero-order valence-electron chi connectivity index (χ0n) is 13.8. The second kappa shape index (κ2) is 7.53. The summed E-state index contributed by atoms with van der Waals surface area (Å²) in [5.74, 6) is 0.121. The molecule has 3 atom stereocenters. The Balaban J connectivity index is 1.80. The van der Waals surface area contributed by atoms with Gasteiger partial charge in [0, 0.05) is 37.0 Å². The highest BCUT2D eigenvalue weighted by molar-refractivity contribution is 6.30. The molecule has 5 nitrogen and oxygen atoms in total. The monoisotopic (exact) mass is 350 g/mol. The largest absolute Gasteiger partial charge is 0.378 e. The van der Waals surface area contributed by atoms with Gasteiger partial charge >= 0.3 is 0 Å². The highest BCUT2D eigenvalue weighted by Crippen LogP contribution is 2.41. The lowest BCUT2D eigenvalue weighted by atomic mass is 9.88. The van der Waals surface area contributed by atoms with Crippen LogP contribution in [0.5, 0.6) is 0 Å². The van der Waals surface area contributed by atoms with Crippen LogP contribution < -0.4 is 5.32 Å². The first-order valence-electron chi connectivity index (χ1n) is 8.43. The Bertz CT molecular complexity index is 599. The van der Waals surface area contributed by atoms with E-state index in [1.54, 1.807) is 0 Å². The van der Waals surface area contributed by atoms with Crippen LogP contribution in [-0.4, -0.2) is 49.1 Å². The normalized spacial score (nSPS) is 27.1. The molecule has 0 unspecified atom stereocenters. The van der Waals surface area contributed by atoms with Crippen LogP contribution in [0.25, 0.3) is 0 Å². The number of hydrogen-bond acceptors (Lipinski definition) is 3. The molecule has 1 aliphatic carbocycles. The number of morpholine rings is 1. The SMILES string of the molecule is CC(=O)N[C@H]1C[C@@H](C(=O)N2CCOCC2)[C@H](c2ccc(Cl)cc2)C1. The summed E-state index contributed by atoms with van der Waals surface area (Å²) in [5.41, 5.74) is 1.11. The minimum atomic E-state index is -0.110. The molecule has 2 aliphatic rings. The van der Waals surface area contributed by atoms with Gasteiger partial charge in [0.2, 0.25) is 11.8 Å². The standard InChI is InChI=1S/C18H23ClN2O3/c1-12(22)20-15-10-16(13-2-4-14(19)5-3-13)17(11-15)18(23)21-6-8-24-9-7-21/h2-5,15-17H,6-11H2,1H3,(H,20,22)/t15-,16+,17-/m1/s1. The lowest BCUT2D eigenvalue weighted by Gasteiger charge is -2.31. The fourth-order valence-corrected chi connectivity index (χ4v) is 3.94. The van der Waals surface area contributed by atoms with E-state index in [1.165, 1.54) is 6.92 Å². The maximum absolute atomic E-state index is 13.0. The van der Waals surface area contributed by atoms with Gasteiger partial charge in [0.05, 0.1) is 13.2 Å². The van der Waals surface area contributed by atoms with Crippen LogP contribution in [0.4, 0.5) is 0 Å². The molecule has 130 valence electrons. The number of nitrogens with one attached hydrogen (secondary N) is 1.